The Labute approximate surface area is 112 Å². The number of Topliss-reactive ketones (excluding diaryl/α,β-unsaturated/α-hetero) is 1. The summed E-state index contributed by atoms with van der Waals surface area (Å²) >= 11 is 1.46. The zero-order chi connectivity index (χ0) is 13.5. The Morgan fingerprint density at radius 2 is 1.83 bits per heavy atom. The topological polar surface area (TPSA) is 43.4 Å². The number of benzene rings is 1. The second kappa shape index (κ2) is 7.21. The van der Waals surface area contributed by atoms with Crippen molar-refractivity contribution < 1.29 is 14.3 Å². The third kappa shape index (κ3) is 4.92. The van der Waals surface area contributed by atoms with Crippen LogP contribution in [-0.2, 0) is 14.3 Å². The quantitative estimate of drug-likeness (QED) is 0.586. The number of esters is 1. The number of carbonyl (C=O) groups is 2. The number of ether oxygens (including phenoxy) is 1. The first kappa shape index (κ1) is 14.8. The Bertz CT molecular complexity index is 401. The van der Waals surface area contributed by atoms with Gasteiger partial charge in [-0.05, 0) is 18.1 Å². The van der Waals surface area contributed by atoms with E-state index < -0.39 is 12.1 Å². The highest BCUT2D eigenvalue weighted by Crippen LogP contribution is 2.19. The van der Waals surface area contributed by atoms with E-state index in [0.717, 1.165) is 4.90 Å². The molecule has 0 fully saturated rings. The van der Waals surface area contributed by atoms with Gasteiger partial charge in [0.15, 0.2) is 11.9 Å². The summed E-state index contributed by atoms with van der Waals surface area (Å²) in [5.41, 5.74) is 0. The zero-order valence-corrected chi connectivity index (χ0v) is 11.7. The molecule has 1 unspecified atom stereocenters. The fourth-order valence-electron chi connectivity index (χ4n) is 1.51. The molecule has 0 saturated heterocycles. The molecule has 0 aliphatic carbocycles. The first-order valence-electron chi connectivity index (χ1n) is 5.88. The minimum Gasteiger partial charge on any atom is -0.454 e. The summed E-state index contributed by atoms with van der Waals surface area (Å²) in [6, 6.07) is 9.70. The Kier molecular flexibility index (Phi) is 5.92. The van der Waals surface area contributed by atoms with Crippen LogP contribution in [0.5, 0.6) is 0 Å². The van der Waals surface area contributed by atoms with Crippen molar-refractivity contribution in [2.45, 2.75) is 31.8 Å². The summed E-state index contributed by atoms with van der Waals surface area (Å²) in [6.07, 6.45) is -0.640. The van der Waals surface area contributed by atoms with Gasteiger partial charge in [0.05, 0.1) is 5.75 Å². The Morgan fingerprint density at radius 3 is 2.33 bits per heavy atom. The van der Waals surface area contributed by atoms with Crippen LogP contribution in [0.4, 0.5) is 0 Å². The molecule has 1 atom stereocenters. The number of rotatable bonds is 6. The van der Waals surface area contributed by atoms with E-state index in [0.29, 0.717) is 5.75 Å². The Balaban J connectivity index is 2.54. The predicted molar refractivity (Wildman–Crippen MR) is 72.6 cm³/mol. The summed E-state index contributed by atoms with van der Waals surface area (Å²) in [7, 11) is 0. The molecule has 18 heavy (non-hydrogen) atoms. The maximum Gasteiger partial charge on any atom is 0.303 e. The molecule has 0 bridgehead atoms. The Morgan fingerprint density at radius 1 is 1.22 bits per heavy atom. The molecule has 0 aromatic heterocycles. The van der Waals surface area contributed by atoms with E-state index in [1.807, 2.05) is 44.2 Å². The van der Waals surface area contributed by atoms with Crippen molar-refractivity contribution in [2.75, 3.05) is 5.75 Å². The van der Waals surface area contributed by atoms with Crippen LogP contribution in [0.3, 0.4) is 0 Å². The van der Waals surface area contributed by atoms with Crippen LogP contribution in [0.2, 0.25) is 0 Å². The van der Waals surface area contributed by atoms with E-state index in [2.05, 4.69) is 0 Å². The number of carbonyl (C=O) groups excluding carboxylic acids is 2. The van der Waals surface area contributed by atoms with Crippen molar-refractivity contribution in [3.63, 3.8) is 0 Å². The molecule has 3 nitrogen and oxygen atoms in total. The molecule has 0 aliphatic rings. The van der Waals surface area contributed by atoms with Crippen LogP contribution >= 0.6 is 11.8 Å². The van der Waals surface area contributed by atoms with Gasteiger partial charge in [-0.25, -0.2) is 0 Å². The van der Waals surface area contributed by atoms with Crippen LogP contribution in [0.15, 0.2) is 35.2 Å². The van der Waals surface area contributed by atoms with Crippen molar-refractivity contribution in [3.05, 3.63) is 30.3 Å². The molecule has 1 aromatic carbocycles. The van der Waals surface area contributed by atoms with Gasteiger partial charge >= 0.3 is 5.97 Å². The normalized spacial score (nSPS) is 12.2. The smallest absolute Gasteiger partial charge is 0.303 e. The standard InChI is InChI=1S/C14H18O3S/c1-10(2)14(17-11(3)15)13(16)9-18-12-7-5-4-6-8-12/h4-8,10,14H,9H2,1-3H3. The molecule has 0 heterocycles. The molecule has 1 rings (SSSR count). The van der Waals surface area contributed by atoms with E-state index in [1.54, 1.807) is 0 Å². The van der Waals surface area contributed by atoms with Gasteiger partial charge in [-0.1, -0.05) is 32.0 Å². The van der Waals surface area contributed by atoms with E-state index in [-0.39, 0.29) is 11.7 Å². The molecular weight excluding hydrogens is 248 g/mol. The van der Waals surface area contributed by atoms with Crippen LogP contribution in [0.25, 0.3) is 0 Å². The van der Waals surface area contributed by atoms with Gasteiger partial charge in [-0.3, -0.25) is 9.59 Å². The van der Waals surface area contributed by atoms with Crippen LogP contribution < -0.4 is 0 Å². The minimum atomic E-state index is -0.640. The molecule has 0 saturated carbocycles. The fraction of sp³-hybridized carbons (Fsp3) is 0.429. The summed E-state index contributed by atoms with van der Waals surface area (Å²) in [4.78, 5) is 24.0. The largest absolute Gasteiger partial charge is 0.454 e. The average Bonchev–Trinajstić information content (AvgIpc) is 2.34. The highest BCUT2D eigenvalue weighted by molar-refractivity contribution is 8.00. The van der Waals surface area contributed by atoms with Gasteiger partial charge in [0.25, 0.3) is 0 Å². The number of thioether (sulfide) groups is 1. The van der Waals surface area contributed by atoms with Crippen molar-refractivity contribution >= 4 is 23.5 Å². The fourth-order valence-corrected chi connectivity index (χ4v) is 2.33. The Hall–Kier alpha value is -1.29. The SMILES string of the molecule is CC(=O)OC(C(=O)CSc1ccccc1)C(C)C. The van der Waals surface area contributed by atoms with Crippen molar-refractivity contribution in [2.24, 2.45) is 5.92 Å². The van der Waals surface area contributed by atoms with Gasteiger partial charge in [0.2, 0.25) is 0 Å². The van der Waals surface area contributed by atoms with Crippen molar-refractivity contribution in [1.82, 2.24) is 0 Å². The summed E-state index contributed by atoms with van der Waals surface area (Å²) < 4.78 is 5.06. The first-order valence-corrected chi connectivity index (χ1v) is 6.87. The first-order chi connectivity index (χ1) is 8.50. The average molecular weight is 266 g/mol. The molecule has 0 spiro atoms. The van der Waals surface area contributed by atoms with E-state index in [1.165, 1.54) is 18.7 Å². The summed E-state index contributed by atoms with van der Waals surface area (Å²) in [5.74, 6) is -0.140. The predicted octanol–water partition coefficient (Wildman–Crippen LogP) is 2.94. The summed E-state index contributed by atoms with van der Waals surface area (Å²) in [6.45, 7) is 5.07. The highest BCUT2D eigenvalue weighted by atomic mass is 32.2. The lowest BCUT2D eigenvalue weighted by atomic mass is 10.0. The van der Waals surface area contributed by atoms with Crippen LogP contribution in [0, 0.1) is 5.92 Å². The van der Waals surface area contributed by atoms with Gasteiger partial charge in [0, 0.05) is 11.8 Å². The van der Waals surface area contributed by atoms with Crippen molar-refractivity contribution in [1.29, 1.82) is 0 Å². The lowest BCUT2D eigenvalue weighted by Gasteiger charge is -2.19. The number of hydrogen-bond donors (Lipinski definition) is 0. The van der Waals surface area contributed by atoms with Gasteiger partial charge in [0.1, 0.15) is 0 Å². The third-order valence-corrected chi connectivity index (χ3v) is 3.37. The molecule has 0 amide bonds. The van der Waals surface area contributed by atoms with E-state index in [4.69, 9.17) is 4.74 Å². The summed E-state index contributed by atoms with van der Waals surface area (Å²) in [5, 5.41) is 0. The molecule has 0 radical (unpaired) electrons. The maximum absolute atomic E-state index is 12.0. The lowest BCUT2D eigenvalue weighted by Crippen LogP contribution is -2.32. The van der Waals surface area contributed by atoms with E-state index >= 15 is 0 Å². The molecule has 0 aliphatic heterocycles. The third-order valence-electron chi connectivity index (χ3n) is 2.34. The second-order valence-electron chi connectivity index (χ2n) is 4.34. The van der Waals surface area contributed by atoms with Gasteiger partial charge in [-0.15, -0.1) is 11.8 Å². The lowest BCUT2D eigenvalue weighted by molar-refractivity contribution is -0.154. The van der Waals surface area contributed by atoms with Crippen molar-refractivity contribution in [3.8, 4) is 0 Å². The number of ketones is 1. The molecule has 98 valence electrons. The van der Waals surface area contributed by atoms with Crippen LogP contribution in [-0.4, -0.2) is 23.6 Å². The highest BCUT2D eigenvalue weighted by Gasteiger charge is 2.24. The van der Waals surface area contributed by atoms with Gasteiger partial charge in [-0.2, -0.15) is 0 Å². The molecule has 1 aromatic rings. The monoisotopic (exact) mass is 266 g/mol. The van der Waals surface area contributed by atoms with Gasteiger partial charge < -0.3 is 4.74 Å². The molecular formula is C14H18O3S. The second-order valence-corrected chi connectivity index (χ2v) is 5.39. The maximum atomic E-state index is 12.0. The van der Waals surface area contributed by atoms with Crippen LogP contribution in [0.1, 0.15) is 20.8 Å². The van der Waals surface area contributed by atoms with E-state index in [9.17, 15) is 9.59 Å². The minimum absolute atomic E-state index is 0.00206. The number of hydrogen-bond acceptors (Lipinski definition) is 4. The molecule has 4 heteroatoms. The zero-order valence-electron chi connectivity index (χ0n) is 10.9. The molecule has 0 N–H and O–H groups in total.